The summed E-state index contributed by atoms with van der Waals surface area (Å²) in [5.41, 5.74) is 6.45. The van der Waals surface area contributed by atoms with Gasteiger partial charge in [0.1, 0.15) is 5.00 Å². The molecular formula is C10H12N6O2S. The number of hydrogen-bond acceptors (Lipinski definition) is 6. The third-order valence-corrected chi connectivity index (χ3v) is 3.72. The van der Waals surface area contributed by atoms with Crippen LogP contribution in [0.25, 0.3) is 0 Å². The van der Waals surface area contributed by atoms with Crippen LogP contribution in [0.1, 0.15) is 26.6 Å². The van der Waals surface area contributed by atoms with Gasteiger partial charge in [-0.3, -0.25) is 9.59 Å². The zero-order chi connectivity index (χ0) is 14.0. The van der Waals surface area contributed by atoms with Crippen molar-refractivity contribution in [3.05, 3.63) is 21.8 Å². The smallest absolute Gasteiger partial charge is 0.251 e. The van der Waals surface area contributed by atoms with Gasteiger partial charge in [0.05, 0.1) is 12.0 Å². The predicted octanol–water partition coefficient (Wildman–Crippen LogP) is 0.158. The first kappa shape index (κ1) is 13.1. The standard InChI is InChI=1S/C10H12N6O2S/c1-4-5(2)19-10(8(4)9(11)18)12-7(17)3-6-13-15-16-14-6/h3H2,1-2H3,(H2,11,18)(H,12,17)(H,13,14,15,16). The van der Waals surface area contributed by atoms with E-state index in [-0.39, 0.29) is 18.2 Å². The lowest BCUT2D eigenvalue weighted by atomic mass is 10.1. The van der Waals surface area contributed by atoms with Crippen molar-refractivity contribution in [3.8, 4) is 0 Å². The number of nitrogens with one attached hydrogen (secondary N) is 2. The molecule has 0 unspecified atom stereocenters. The lowest BCUT2D eigenvalue weighted by molar-refractivity contribution is -0.115. The second kappa shape index (κ2) is 5.14. The molecule has 2 aromatic heterocycles. The van der Waals surface area contributed by atoms with Gasteiger partial charge in [-0.15, -0.1) is 21.5 Å². The Labute approximate surface area is 112 Å². The molecule has 0 fully saturated rings. The van der Waals surface area contributed by atoms with Gasteiger partial charge in [0.25, 0.3) is 5.91 Å². The van der Waals surface area contributed by atoms with E-state index in [2.05, 4.69) is 25.9 Å². The van der Waals surface area contributed by atoms with E-state index < -0.39 is 5.91 Å². The van der Waals surface area contributed by atoms with Crippen LogP contribution >= 0.6 is 11.3 Å². The number of nitrogens with two attached hydrogens (primary N) is 1. The van der Waals surface area contributed by atoms with Gasteiger partial charge in [-0.25, -0.2) is 0 Å². The molecule has 9 heteroatoms. The van der Waals surface area contributed by atoms with E-state index in [1.54, 1.807) is 6.92 Å². The maximum Gasteiger partial charge on any atom is 0.251 e. The van der Waals surface area contributed by atoms with Gasteiger partial charge in [0.15, 0.2) is 5.82 Å². The molecule has 2 amide bonds. The molecule has 0 saturated carbocycles. The lowest BCUT2D eigenvalue weighted by Gasteiger charge is -2.03. The molecule has 0 aliphatic heterocycles. The average Bonchev–Trinajstić information content (AvgIpc) is 2.88. The summed E-state index contributed by atoms with van der Waals surface area (Å²) in [5, 5.41) is 16.1. The third kappa shape index (κ3) is 2.76. The summed E-state index contributed by atoms with van der Waals surface area (Å²) in [6, 6.07) is 0. The second-order valence-corrected chi connectivity index (χ2v) is 5.13. The van der Waals surface area contributed by atoms with E-state index >= 15 is 0 Å². The molecule has 0 bridgehead atoms. The summed E-state index contributed by atoms with van der Waals surface area (Å²) < 4.78 is 0. The van der Waals surface area contributed by atoms with Crippen LogP contribution in [-0.4, -0.2) is 32.4 Å². The van der Waals surface area contributed by atoms with Crippen molar-refractivity contribution in [2.75, 3.05) is 5.32 Å². The highest BCUT2D eigenvalue weighted by atomic mass is 32.1. The molecule has 0 atom stereocenters. The van der Waals surface area contributed by atoms with Crippen LogP contribution in [0, 0.1) is 13.8 Å². The molecule has 0 saturated heterocycles. The SMILES string of the molecule is Cc1sc(NC(=O)Cc2nn[nH]n2)c(C(N)=O)c1C. The Balaban J connectivity index is 2.17. The number of thiophene rings is 1. The van der Waals surface area contributed by atoms with Gasteiger partial charge in [-0.1, -0.05) is 5.21 Å². The normalized spacial score (nSPS) is 10.4. The van der Waals surface area contributed by atoms with E-state index in [1.165, 1.54) is 11.3 Å². The zero-order valence-corrected chi connectivity index (χ0v) is 11.2. The van der Waals surface area contributed by atoms with Crippen LogP contribution < -0.4 is 11.1 Å². The first-order valence-corrected chi connectivity index (χ1v) is 6.22. The second-order valence-electron chi connectivity index (χ2n) is 3.90. The van der Waals surface area contributed by atoms with E-state index in [0.29, 0.717) is 10.6 Å². The Morgan fingerprint density at radius 1 is 1.42 bits per heavy atom. The number of aryl methyl sites for hydroxylation is 1. The monoisotopic (exact) mass is 280 g/mol. The fourth-order valence-corrected chi connectivity index (χ4v) is 2.67. The fraction of sp³-hybridized carbons (Fsp3) is 0.300. The molecule has 0 aliphatic carbocycles. The molecule has 4 N–H and O–H groups in total. The number of hydrogen-bond donors (Lipinski definition) is 3. The third-order valence-electron chi connectivity index (χ3n) is 2.59. The van der Waals surface area contributed by atoms with Crippen LogP contribution in [0.3, 0.4) is 0 Å². The number of amides is 2. The van der Waals surface area contributed by atoms with Crippen LogP contribution in [0.15, 0.2) is 0 Å². The van der Waals surface area contributed by atoms with Crippen molar-refractivity contribution in [2.24, 2.45) is 5.73 Å². The predicted molar refractivity (Wildman–Crippen MR) is 68.8 cm³/mol. The number of nitrogens with zero attached hydrogens (tertiary/aromatic N) is 3. The Hall–Kier alpha value is -2.29. The van der Waals surface area contributed by atoms with Crippen LogP contribution in [0.5, 0.6) is 0 Å². The highest BCUT2D eigenvalue weighted by molar-refractivity contribution is 7.16. The fourth-order valence-electron chi connectivity index (χ4n) is 1.58. The zero-order valence-electron chi connectivity index (χ0n) is 10.4. The van der Waals surface area contributed by atoms with Crippen LogP contribution in [0.4, 0.5) is 5.00 Å². The van der Waals surface area contributed by atoms with Crippen molar-refractivity contribution in [3.63, 3.8) is 0 Å². The van der Waals surface area contributed by atoms with Gasteiger partial charge in [-0.2, -0.15) is 5.21 Å². The summed E-state index contributed by atoms with van der Waals surface area (Å²) >= 11 is 1.31. The molecule has 2 aromatic rings. The quantitative estimate of drug-likeness (QED) is 0.735. The molecule has 0 aromatic carbocycles. The van der Waals surface area contributed by atoms with Gasteiger partial charge in [-0.05, 0) is 19.4 Å². The summed E-state index contributed by atoms with van der Waals surface area (Å²) in [6.07, 6.45) is -0.0231. The van der Waals surface area contributed by atoms with Crippen molar-refractivity contribution in [1.82, 2.24) is 20.6 Å². The number of primary amides is 1. The van der Waals surface area contributed by atoms with Crippen molar-refractivity contribution >= 4 is 28.2 Å². The maximum atomic E-state index is 11.8. The molecule has 100 valence electrons. The van der Waals surface area contributed by atoms with Crippen molar-refractivity contribution in [1.29, 1.82) is 0 Å². The number of carbonyl (C=O) groups excluding carboxylic acids is 2. The maximum absolute atomic E-state index is 11.8. The van der Waals surface area contributed by atoms with E-state index in [4.69, 9.17) is 5.73 Å². The summed E-state index contributed by atoms with van der Waals surface area (Å²) in [6.45, 7) is 3.65. The topological polar surface area (TPSA) is 127 Å². The summed E-state index contributed by atoms with van der Waals surface area (Å²) in [7, 11) is 0. The van der Waals surface area contributed by atoms with Crippen molar-refractivity contribution in [2.45, 2.75) is 20.3 Å². The molecule has 0 spiro atoms. The summed E-state index contributed by atoms with van der Waals surface area (Å²) in [4.78, 5) is 24.1. The molecule has 0 aliphatic rings. The molecule has 0 radical (unpaired) electrons. The Morgan fingerprint density at radius 2 is 2.16 bits per heavy atom. The number of rotatable bonds is 4. The minimum Gasteiger partial charge on any atom is -0.365 e. The van der Waals surface area contributed by atoms with Crippen LogP contribution in [0.2, 0.25) is 0 Å². The molecular weight excluding hydrogens is 268 g/mol. The van der Waals surface area contributed by atoms with Crippen LogP contribution in [-0.2, 0) is 11.2 Å². The number of aromatic nitrogens is 4. The van der Waals surface area contributed by atoms with E-state index in [1.807, 2.05) is 6.92 Å². The largest absolute Gasteiger partial charge is 0.365 e. The van der Waals surface area contributed by atoms with Gasteiger partial charge in [0, 0.05) is 4.88 Å². The molecule has 19 heavy (non-hydrogen) atoms. The highest BCUT2D eigenvalue weighted by Crippen LogP contribution is 2.31. The number of aromatic amines is 1. The molecule has 2 heterocycles. The summed E-state index contributed by atoms with van der Waals surface area (Å²) in [5.74, 6) is -0.606. The van der Waals surface area contributed by atoms with Gasteiger partial charge >= 0.3 is 0 Å². The Bertz CT molecular complexity index is 618. The number of carbonyl (C=O) groups is 2. The minimum atomic E-state index is -0.559. The average molecular weight is 280 g/mol. The Kier molecular flexibility index (Phi) is 3.56. The first-order chi connectivity index (χ1) is 8.99. The highest BCUT2D eigenvalue weighted by Gasteiger charge is 2.19. The van der Waals surface area contributed by atoms with Gasteiger partial charge < -0.3 is 11.1 Å². The lowest BCUT2D eigenvalue weighted by Crippen LogP contribution is -2.19. The first-order valence-electron chi connectivity index (χ1n) is 5.41. The molecule has 2 rings (SSSR count). The van der Waals surface area contributed by atoms with Gasteiger partial charge in [0.2, 0.25) is 5.91 Å². The number of tetrazole rings is 1. The Morgan fingerprint density at radius 3 is 2.74 bits per heavy atom. The minimum absolute atomic E-state index is 0.0231. The van der Waals surface area contributed by atoms with Crippen molar-refractivity contribution < 1.29 is 9.59 Å². The number of H-pyrrole nitrogens is 1. The van der Waals surface area contributed by atoms with E-state index in [9.17, 15) is 9.59 Å². The number of anilines is 1. The molecule has 8 nitrogen and oxygen atoms in total. The van der Waals surface area contributed by atoms with E-state index in [0.717, 1.165) is 10.4 Å².